The quantitative estimate of drug-likeness (QED) is 0.743. The van der Waals surface area contributed by atoms with Gasteiger partial charge in [-0.25, -0.2) is 8.78 Å². The van der Waals surface area contributed by atoms with Crippen molar-refractivity contribution in [1.82, 2.24) is 0 Å². The first-order valence-electron chi connectivity index (χ1n) is 5.90. The van der Waals surface area contributed by atoms with Crippen LogP contribution in [-0.2, 0) is 4.74 Å². The molecule has 1 nitrogen and oxygen atoms in total. The number of benzene rings is 2. The van der Waals surface area contributed by atoms with Crippen molar-refractivity contribution in [3.05, 3.63) is 71.3 Å². The van der Waals surface area contributed by atoms with Crippen LogP contribution in [0, 0.1) is 11.6 Å². The third-order valence-corrected chi connectivity index (χ3v) is 2.86. The van der Waals surface area contributed by atoms with Crippen LogP contribution < -0.4 is 0 Å². The predicted octanol–water partition coefficient (Wildman–Crippen LogP) is 4.31. The SMILES string of the molecule is Fc1ccc(F)c(C(OCCCl)c2ccccc2)c1. The average molecular weight is 283 g/mol. The molecule has 0 heterocycles. The van der Waals surface area contributed by atoms with E-state index >= 15 is 0 Å². The van der Waals surface area contributed by atoms with Crippen molar-refractivity contribution in [3.8, 4) is 0 Å². The topological polar surface area (TPSA) is 9.23 Å². The second-order valence-corrected chi connectivity index (χ2v) is 4.39. The summed E-state index contributed by atoms with van der Waals surface area (Å²) in [5.74, 6) is -0.697. The first-order chi connectivity index (χ1) is 9.22. The normalized spacial score (nSPS) is 12.4. The van der Waals surface area contributed by atoms with E-state index in [0.717, 1.165) is 23.8 Å². The van der Waals surface area contributed by atoms with Crippen LogP contribution in [0.25, 0.3) is 0 Å². The van der Waals surface area contributed by atoms with E-state index in [1.807, 2.05) is 30.3 Å². The summed E-state index contributed by atoms with van der Waals surface area (Å²) in [5, 5.41) is 0. The first-order valence-corrected chi connectivity index (χ1v) is 6.43. The summed E-state index contributed by atoms with van der Waals surface area (Å²) in [5.41, 5.74) is 0.938. The first kappa shape index (κ1) is 14.0. The highest BCUT2D eigenvalue weighted by Crippen LogP contribution is 2.28. The van der Waals surface area contributed by atoms with Crippen molar-refractivity contribution >= 4 is 11.6 Å². The van der Waals surface area contributed by atoms with E-state index in [1.54, 1.807) is 0 Å². The Labute approximate surface area is 115 Å². The molecule has 4 heteroatoms. The Morgan fingerprint density at radius 1 is 1.05 bits per heavy atom. The molecule has 100 valence electrons. The van der Waals surface area contributed by atoms with E-state index in [2.05, 4.69) is 0 Å². The molecule has 0 radical (unpaired) electrons. The highest BCUT2D eigenvalue weighted by molar-refractivity contribution is 6.17. The maximum absolute atomic E-state index is 13.9. The lowest BCUT2D eigenvalue weighted by atomic mass is 10.0. The Morgan fingerprint density at radius 3 is 2.47 bits per heavy atom. The van der Waals surface area contributed by atoms with E-state index in [4.69, 9.17) is 16.3 Å². The maximum Gasteiger partial charge on any atom is 0.129 e. The van der Waals surface area contributed by atoms with Gasteiger partial charge in [-0.2, -0.15) is 0 Å². The summed E-state index contributed by atoms with van der Waals surface area (Å²) in [6, 6.07) is 12.5. The Morgan fingerprint density at radius 2 is 1.79 bits per heavy atom. The molecule has 1 unspecified atom stereocenters. The largest absolute Gasteiger partial charge is 0.367 e. The van der Waals surface area contributed by atoms with Crippen molar-refractivity contribution in [3.63, 3.8) is 0 Å². The van der Waals surface area contributed by atoms with Gasteiger partial charge in [-0.1, -0.05) is 30.3 Å². The van der Waals surface area contributed by atoms with E-state index in [-0.39, 0.29) is 12.2 Å². The maximum atomic E-state index is 13.9. The molecule has 0 saturated carbocycles. The minimum Gasteiger partial charge on any atom is -0.367 e. The van der Waals surface area contributed by atoms with Crippen molar-refractivity contribution in [2.75, 3.05) is 12.5 Å². The molecule has 19 heavy (non-hydrogen) atoms. The highest BCUT2D eigenvalue weighted by atomic mass is 35.5. The summed E-state index contributed by atoms with van der Waals surface area (Å²) in [7, 11) is 0. The number of alkyl halides is 1. The lowest BCUT2D eigenvalue weighted by Crippen LogP contribution is -2.10. The third kappa shape index (κ3) is 3.52. The van der Waals surface area contributed by atoms with Gasteiger partial charge in [0, 0.05) is 11.4 Å². The molecule has 0 aliphatic carbocycles. The Balaban J connectivity index is 2.40. The van der Waals surface area contributed by atoms with Crippen LogP contribution in [0.5, 0.6) is 0 Å². The summed E-state index contributed by atoms with van der Waals surface area (Å²) in [6.07, 6.45) is -0.657. The van der Waals surface area contributed by atoms with Crippen LogP contribution in [0.15, 0.2) is 48.5 Å². The van der Waals surface area contributed by atoms with Gasteiger partial charge in [-0.3, -0.25) is 0 Å². The van der Waals surface area contributed by atoms with Crippen molar-refractivity contribution in [2.45, 2.75) is 6.10 Å². The van der Waals surface area contributed by atoms with Crippen molar-refractivity contribution < 1.29 is 13.5 Å². The molecule has 0 bridgehead atoms. The zero-order chi connectivity index (χ0) is 13.7. The molecular formula is C15H13ClF2O. The fraction of sp³-hybridized carbons (Fsp3) is 0.200. The molecule has 0 aliphatic rings. The van der Waals surface area contributed by atoms with Crippen LogP contribution in [0.4, 0.5) is 8.78 Å². The van der Waals surface area contributed by atoms with Gasteiger partial charge in [0.15, 0.2) is 0 Å². The molecule has 2 aromatic rings. The minimum atomic E-state index is -0.657. The zero-order valence-corrected chi connectivity index (χ0v) is 10.9. The molecule has 0 spiro atoms. The van der Waals surface area contributed by atoms with Gasteiger partial charge >= 0.3 is 0 Å². The molecule has 0 fully saturated rings. The van der Waals surface area contributed by atoms with Crippen LogP contribution in [0.1, 0.15) is 17.2 Å². The second-order valence-electron chi connectivity index (χ2n) is 4.02. The molecule has 0 N–H and O–H groups in total. The molecule has 0 aliphatic heterocycles. The van der Waals surface area contributed by atoms with E-state index in [1.165, 1.54) is 0 Å². The average Bonchev–Trinajstić information content (AvgIpc) is 2.44. The second kappa shape index (κ2) is 6.64. The minimum absolute atomic E-state index is 0.177. The van der Waals surface area contributed by atoms with Crippen LogP contribution in [-0.4, -0.2) is 12.5 Å². The fourth-order valence-corrected chi connectivity index (χ4v) is 1.96. The molecule has 1 atom stereocenters. The highest BCUT2D eigenvalue weighted by Gasteiger charge is 2.19. The van der Waals surface area contributed by atoms with E-state index in [0.29, 0.717) is 5.88 Å². The smallest absolute Gasteiger partial charge is 0.129 e. The van der Waals surface area contributed by atoms with Gasteiger partial charge in [0.2, 0.25) is 0 Å². The lowest BCUT2D eigenvalue weighted by Gasteiger charge is -2.19. The van der Waals surface area contributed by atoms with Crippen molar-refractivity contribution in [2.24, 2.45) is 0 Å². The van der Waals surface area contributed by atoms with Crippen LogP contribution in [0.2, 0.25) is 0 Å². The Hall–Kier alpha value is -1.45. The molecule has 0 aromatic heterocycles. The molecule has 0 saturated heterocycles. The van der Waals surface area contributed by atoms with E-state index < -0.39 is 17.7 Å². The fourth-order valence-electron chi connectivity index (χ4n) is 1.87. The molecule has 0 amide bonds. The number of hydrogen-bond donors (Lipinski definition) is 0. The number of ether oxygens (including phenoxy) is 1. The van der Waals surface area contributed by atoms with Gasteiger partial charge in [0.25, 0.3) is 0 Å². The standard InChI is InChI=1S/C15H13ClF2O/c16-8-9-19-15(11-4-2-1-3-5-11)13-10-12(17)6-7-14(13)18/h1-7,10,15H,8-9H2. The summed E-state index contributed by atoms with van der Waals surface area (Å²) in [6.45, 7) is 0.261. The predicted molar refractivity (Wildman–Crippen MR) is 71.3 cm³/mol. The lowest BCUT2D eigenvalue weighted by molar-refractivity contribution is 0.0900. The zero-order valence-electron chi connectivity index (χ0n) is 10.2. The Bertz CT molecular complexity index is 531. The summed E-state index contributed by atoms with van der Waals surface area (Å²) in [4.78, 5) is 0. The summed E-state index contributed by atoms with van der Waals surface area (Å²) < 4.78 is 32.7. The van der Waals surface area contributed by atoms with Crippen LogP contribution >= 0.6 is 11.6 Å². The molecular weight excluding hydrogens is 270 g/mol. The van der Waals surface area contributed by atoms with Gasteiger partial charge in [-0.05, 0) is 23.8 Å². The van der Waals surface area contributed by atoms with Gasteiger partial charge < -0.3 is 4.74 Å². The Kier molecular flexibility index (Phi) is 4.88. The molecule has 2 rings (SSSR count). The summed E-state index contributed by atoms with van der Waals surface area (Å²) >= 11 is 5.60. The van der Waals surface area contributed by atoms with Gasteiger partial charge in [0.1, 0.15) is 17.7 Å². The van der Waals surface area contributed by atoms with Crippen LogP contribution in [0.3, 0.4) is 0 Å². The number of halogens is 3. The number of hydrogen-bond acceptors (Lipinski definition) is 1. The van der Waals surface area contributed by atoms with Crippen molar-refractivity contribution in [1.29, 1.82) is 0 Å². The molecule has 2 aromatic carbocycles. The van der Waals surface area contributed by atoms with Gasteiger partial charge in [0.05, 0.1) is 6.61 Å². The van der Waals surface area contributed by atoms with Gasteiger partial charge in [-0.15, -0.1) is 11.6 Å². The van der Waals surface area contributed by atoms with E-state index in [9.17, 15) is 8.78 Å². The number of rotatable bonds is 5. The monoisotopic (exact) mass is 282 g/mol. The third-order valence-electron chi connectivity index (χ3n) is 2.70.